The maximum Gasteiger partial charge on any atom is 0.255 e. The van der Waals surface area contributed by atoms with Crippen molar-refractivity contribution in [2.75, 3.05) is 20.2 Å². The zero-order valence-electron chi connectivity index (χ0n) is 18.0. The van der Waals surface area contributed by atoms with Gasteiger partial charge >= 0.3 is 0 Å². The second kappa shape index (κ2) is 8.68. The number of amides is 1. The summed E-state index contributed by atoms with van der Waals surface area (Å²) in [5, 5.41) is 19.2. The molecule has 0 aliphatic carbocycles. The fourth-order valence-corrected chi connectivity index (χ4v) is 4.55. The monoisotopic (exact) mass is 434 g/mol. The van der Waals surface area contributed by atoms with Crippen molar-refractivity contribution in [1.82, 2.24) is 29.5 Å². The molecule has 1 aromatic carbocycles. The lowest BCUT2D eigenvalue weighted by atomic mass is 10.1. The van der Waals surface area contributed by atoms with Gasteiger partial charge in [0, 0.05) is 38.4 Å². The Morgan fingerprint density at radius 1 is 1.16 bits per heavy atom. The van der Waals surface area contributed by atoms with Crippen molar-refractivity contribution in [2.45, 2.75) is 38.2 Å². The number of likely N-dealkylation sites (tertiary alicyclic amines) is 1. The lowest BCUT2D eigenvalue weighted by molar-refractivity contribution is 0.0704. The normalized spacial score (nSPS) is 20.9. The molecule has 0 radical (unpaired) electrons. The molecule has 166 valence electrons. The van der Waals surface area contributed by atoms with Crippen LogP contribution in [0.3, 0.4) is 0 Å². The van der Waals surface area contributed by atoms with Gasteiger partial charge in [-0.05, 0) is 18.1 Å². The van der Waals surface area contributed by atoms with Crippen LogP contribution < -0.4 is 4.74 Å². The summed E-state index contributed by atoms with van der Waals surface area (Å²) < 4.78 is 7.17. The molecule has 32 heavy (non-hydrogen) atoms. The molecule has 1 fully saturated rings. The minimum atomic E-state index is -0.388. The van der Waals surface area contributed by atoms with Crippen LogP contribution in [0.2, 0.25) is 0 Å². The van der Waals surface area contributed by atoms with Gasteiger partial charge in [0.25, 0.3) is 5.91 Å². The number of carbonyl (C=O) groups excluding carboxylic acids is 1. The summed E-state index contributed by atoms with van der Waals surface area (Å²) in [7, 11) is 1.54. The van der Waals surface area contributed by atoms with Gasteiger partial charge in [-0.2, -0.15) is 0 Å². The summed E-state index contributed by atoms with van der Waals surface area (Å²) in [4.78, 5) is 21.1. The van der Waals surface area contributed by atoms with Crippen molar-refractivity contribution in [3.05, 3.63) is 71.4 Å². The summed E-state index contributed by atoms with van der Waals surface area (Å²) in [6.45, 7) is 2.94. The molecular weight excluding hydrogens is 408 g/mol. The van der Waals surface area contributed by atoms with E-state index in [1.54, 1.807) is 24.1 Å². The molecule has 4 heterocycles. The topological polar surface area (TPSA) is 96.6 Å². The number of methoxy groups -OCH3 is 1. The third kappa shape index (κ3) is 3.96. The molecule has 0 spiro atoms. The van der Waals surface area contributed by atoms with Crippen LogP contribution in [0.15, 0.2) is 48.7 Å². The first-order chi connectivity index (χ1) is 15.6. The Labute approximate surface area is 186 Å². The van der Waals surface area contributed by atoms with E-state index >= 15 is 0 Å². The number of benzene rings is 1. The number of pyridine rings is 1. The summed E-state index contributed by atoms with van der Waals surface area (Å²) >= 11 is 0. The summed E-state index contributed by atoms with van der Waals surface area (Å²) in [6.07, 6.45) is 1.78. The number of aliphatic hydroxyl groups is 1. The molecule has 0 saturated carbocycles. The van der Waals surface area contributed by atoms with E-state index in [4.69, 9.17) is 4.74 Å². The number of carbonyl (C=O) groups is 1. The highest BCUT2D eigenvalue weighted by molar-refractivity contribution is 5.94. The van der Waals surface area contributed by atoms with E-state index in [2.05, 4.69) is 36.8 Å². The number of ether oxygens (including phenoxy) is 1. The van der Waals surface area contributed by atoms with Crippen molar-refractivity contribution in [3.63, 3.8) is 0 Å². The highest BCUT2D eigenvalue weighted by Crippen LogP contribution is 2.33. The molecule has 3 aromatic rings. The lowest BCUT2D eigenvalue weighted by Crippen LogP contribution is -2.39. The smallest absolute Gasteiger partial charge is 0.255 e. The summed E-state index contributed by atoms with van der Waals surface area (Å²) in [5.41, 5.74) is 1.72. The van der Waals surface area contributed by atoms with E-state index in [0.717, 1.165) is 18.2 Å². The van der Waals surface area contributed by atoms with E-state index in [0.29, 0.717) is 44.0 Å². The third-order valence-corrected chi connectivity index (χ3v) is 6.17. The number of hydrogen-bond donors (Lipinski definition) is 1. The Morgan fingerprint density at radius 2 is 2.00 bits per heavy atom. The van der Waals surface area contributed by atoms with Gasteiger partial charge in [0.05, 0.1) is 31.4 Å². The zero-order chi connectivity index (χ0) is 22.1. The Bertz CT molecular complexity index is 1080. The Hall–Kier alpha value is -3.30. The van der Waals surface area contributed by atoms with Gasteiger partial charge in [0.15, 0.2) is 11.6 Å². The Kier molecular flexibility index (Phi) is 5.59. The van der Waals surface area contributed by atoms with Crippen LogP contribution in [0.5, 0.6) is 5.88 Å². The quantitative estimate of drug-likeness (QED) is 0.652. The number of nitrogens with zero attached hydrogens (tertiary/aromatic N) is 6. The van der Waals surface area contributed by atoms with Crippen LogP contribution in [0.1, 0.15) is 40.0 Å². The number of aromatic nitrogens is 4. The standard InChI is InChI=1S/C23H26N6O3/c1-32-21-8-7-17(12-24-21)23(31)27-9-10-29-20(15-27)25-26-22(29)19-11-18(30)14-28(19)13-16-5-3-2-4-6-16/h2-8,12,18-19,30H,9-11,13-15H2,1H3/t18-,19-/m0/s1. The second-order valence-corrected chi connectivity index (χ2v) is 8.26. The SMILES string of the molecule is COc1ccc(C(=O)N2CCn3c(nnc3[C@@H]3C[C@H](O)CN3Cc3ccccc3)C2)cn1. The van der Waals surface area contributed by atoms with Gasteiger partial charge in [-0.3, -0.25) is 9.69 Å². The van der Waals surface area contributed by atoms with Gasteiger partial charge in [0.1, 0.15) is 0 Å². The molecule has 1 saturated heterocycles. The van der Waals surface area contributed by atoms with E-state index in [-0.39, 0.29) is 18.1 Å². The van der Waals surface area contributed by atoms with E-state index in [9.17, 15) is 9.90 Å². The number of hydrogen-bond acceptors (Lipinski definition) is 7. The highest BCUT2D eigenvalue weighted by Gasteiger charge is 2.37. The Balaban J connectivity index is 1.32. The molecule has 9 heteroatoms. The molecule has 0 unspecified atom stereocenters. The van der Waals surface area contributed by atoms with Crippen LogP contribution in [0, 0.1) is 0 Å². The van der Waals surface area contributed by atoms with Crippen molar-refractivity contribution in [3.8, 4) is 5.88 Å². The van der Waals surface area contributed by atoms with Crippen molar-refractivity contribution < 1.29 is 14.6 Å². The molecule has 0 bridgehead atoms. The first kappa shape index (κ1) is 20.6. The maximum atomic E-state index is 12.9. The Morgan fingerprint density at radius 3 is 2.75 bits per heavy atom. The molecule has 2 aliphatic heterocycles. The molecule has 1 amide bonds. The van der Waals surface area contributed by atoms with E-state index in [1.165, 1.54) is 11.8 Å². The molecule has 2 aliphatic rings. The predicted molar refractivity (Wildman–Crippen MR) is 116 cm³/mol. The van der Waals surface area contributed by atoms with Crippen molar-refractivity contribution >= 4 is 5.91 Å². The lowest BCUT2D eigenvalue weighted by Gasteiger charge is -2.30. The van der Waals surface area contributed by atoms with Crippen LogP contribution in [-0.2, 0) is 19.6 Å². The molecular formula is C23H26N6O3. The number of rotatable bonds is 5. The number of β-amino-alcohol motifs (C(OH)–C–C–N with tert-alkyl or cyclic N) is 1. The van der Waals surface area contributed by atoms with E-state index < -0.39 is 0 Å². The van der Waals surface area contributed by atoms with Crippen LogP contribution >= 0.6 is 0 Å². The fourth-order valence-electron chi connectivity index (χ4n) is 4.55. The first-order valence-electron chi connectivity index (χ1n) is 10.8. The van der Waals surface area contributed by atoms with Crippen LogP contribution in [0.4, 0.5) is 0 Å². The minimum Gasteiger partial charge on any atom is -0.481 e. The molecule has 9 nitrogen and oxygen atoms in total. The van der Waals surface area contributed by atoms with E-state index in [1.807, 2.05) is 18.2 Å². The van der Waals surface area contributed by atoms with Gasteiger partial charge in [-0.1, -0.05) is 30.3 Å². The number of aliphatic hydroxyl groups excluding tert-OH is 1. The van der Waals surface area contributed by atoms with Gasteiger partial charge < -0.3 is 19.3 Å². The first-order valence-corrected chi connectivity index (χ1v) is 10.8. The molecule has 5 rings (SSSR count). The molecule has 1 N–H and O–H groups in total. The van der Waals surface area contributed by atoms with Crippen molar-refractivity contribution in [2.24, 2.45) is 0 Å². The number of fused-ring (bicyclic) bond motifs is 1. The van der Waals surface area contributed by atoms with Crippen LogP contribution in [0.25, 0.3) is 0 Å². The predicted octanol–water partition coefficient (Wildman–Crippen LogP) is 1.65. The summed E-state index contributed by atoms with van der Waals surface area (Å²) in [5.74, 6) is 2.02. The average Bonchev–Trinajstić information content (AvgIpc) is 3.41. The fraction of sp³-hybridized carbons (Fsp3) is 0.391. The van der Waals surface area contributed by atoms with Crippen LogP contribution in [-0.4, -0.2) is 66.9 Å². The maximum absolute atomic E-state index is 12.9. The second-order valence-electron chi connectivity index (χ2n) is 8.26. The van der Waals surface area contributed by atoms with Crippen molar-refractivity contribution in [1.29, 1.82) is 0 Å². The van der Waals surface area contributed by atoms with Gasteiger partial charge in [0.2, 0.25) is 5.88 Å². The molecule has 2 aromatic heterocycles. The third-order valence-electron chi connectivity index (χ3n) is 6.17. The highest BCUT2D eigenvalue weighted by atomic mass is 16.5. The summed E-state index contributed by atoms with van der Waals surface area (Å²) in [6, 6.07) is 13.7. The zero-order valence-corrected chi connectivity index (χ0v) is 18.0. The van der Waals surface area contributed by atoms with Gasteiger partial charge in [-0.25, -0.2) is 4.98 Å². The van der Waals surface area contributed by atoms with Gasteiger partial charge in [-0.15, -0.1) is 10.2 Å². The largest absolute Gasteiger partial charge is 0.481 e. The average molecular weight is 435 g/mol. The minimum absolute atomic E-state index is 0.000467. The molecule has 2 atom stereocenters.